The topological polar surface area (TPSA) is 78.8 Å². The Kier molecular flexibility index (Phi) is 7.31. The summed E-state index contributed by atoms with van der Waals surface area (Å²) in [7, 11) is 0. The van der Waals surface area contributed by atoms with E-state index < -0.39 is 19.2 Å². The first kappa shape index (κ1) is 21.1. The van der Waals surface area contributed by atoms with Crippen molar-refractivity contribution in [2.24, 2.45) is 0 Å². The Labute approximate surface area is 160 Å². The van der Waals surface area contributed by atoms with Crippen molar-refractivity contribution in [3.63, 3.8) is 0 Å². The molecule has 0 aliphatic heterocycles. The Morgan fingerprint density at radius 3 is 2.43 bits per heavy atom. The predicted molar refractivity (Wildman–Crippen MR) is 98.1 cm³/mol. The van der Waals surface area contributed by atoms with Gasteiger partial charge in [0.25, 0.3) is 0 Å². The standard InChI is InChI=1S/C20H20F3NO4/c21-20(22,23)10-12-28-16-5-1-14(2-6-16)9-11-24-19(27)8-4-15-3-7-17(25)18(26)13-15/h1-8,13,25-26H,9-12H2,(H,24,27)/b8-4+. The third-order valence-corrected chi connectivity index (χ3v) is 3.72. The molecule has 0 unspecified atom stereocenters. The van der Waals surface area contributed by atoms with Crippen LogP contribution in [0.15, 0.2) is 48.5 Å². The molecule has 0 atom stereocenters. The Balaban J connectivity index is 1.72. The molecule has 3 N–H and O–H groups in total. The summed E-state index contributed by atoms with van der Waals surface area (Å²) in [6.07, 6.45) is -1.89. The van der Waals surface area contributed by atoms with Crippen molar-refractivity contribution in [1.82, 2.24) is 5.32 Å². The maximum absolute atomic E-state index is 12.1. The molecule has 0 aliphatic rings. The molecule has 0 heterocycles. The van der Waals surface area contributed by atoms with Gasteiger partial charge in [-0.25, -0.2) is 0 Å². The van der Waals surface area contributed by atoms with Gasteiger partial charge < -0.3 is 20.3 Å². The Bertz CT molecular complexity index is 817. The van der Waals surface area contributed by atoms with Crippen LogP contribution in [0.25, 0.3) is 6.08 Å². The molecule has 2 aromatic carbocycles. The van der Waals surface area contributed by atoms with Crippen LogP contribution in [-0.4, -0.2) is 35.4 Å². The number of phenolic OH excluding ortho intramolecular Hbond substituents is 2. The fraction of sp³-hybridized carbons (Fsp3) is 0.250. The minimum Gasteiger partial charge on any atom is -0.504 e. The van der Waals surface area contributed by atoms with Gasteiger partial charge in [0.1, 0.15) is 5.75 Å². The molecule has 2 rings (SSSR count). The zero-order chi connectivity index (χ0) is 20.6. The Morgan fingerprint density at radius 1 is 1.07 bits per heavy atom. The van der Waals surface area contributed by atoms with Crippen molar-refractivity contribution < 1.29 is 32.9 Å². The first-order valence-corrected chi connectivity index (χ1v) is 8.49. The number of aromatic hydroxyl groups is 2. The van der Waals surface area contributed by atoms with E-state index in [1.165, 1.54) is 24.3 Å². The maximum Gasteiger partial charge on any atom is 0.392 e. The minimum absolute atomic E-state index is 0.238. The second kappa shape index (κ2) is 9.68. The van der Waals surface area contributed by atoms with Crippen LogP contribution >= 0.6 is 0 Å². The quantitative estimate of drug-likeness (QED) is 0.469. The van der Waals surface area contributed by atoms with Gasteiger partial charge in [0.15, 0.2) is 11.5 Å². The highest BCUT2D eigenvalue weighted by Gasteiger charge is 2.26. The largest absolute Gasteiger partial charge is 0.504 e. The molecule has 0 bridgehead atoms. The fourth-order valence-corrected chi connectivity index (χ4v) is 2.24. The van der Waals surface area contributed by atoms with E-state index in [2.05, 4.69) is 5.32 Å². The van der Waals surface area contributed by atoms with Crippen LogP contribution in [0.3, 0.4) is 0 Å². The average molecular weight is 395 g/mol. The van der Waals surface area contributed by atoms with E-state index in [9.17, 15) is 28.2 Å². The van der Waals surface area contributed by atoms with E-state index in [4.69, 9.17) is 4.74 Å². The Morgan fingerprint density at radius 2 is 1.79 bits per heavy atom. The van der Waals surface area contributed by atoms with Gasteiger partial charge in [-0.1, -0.05) is 18.2 Å². The molecular weight excluding hydrogens is 375 g/mol. The molecule has 0 aromatic heterocycles. The fourth-order valence-electron chi connectivity index (χ4n) is 2.24. The number of alkyl halides is 3. The van der Waals surface area contributed by atoms with Gasteiger partial charge >= 0.3 is 6.18 Å². The summed E-state index contributed by atoms with van der Waals surface area (Å²) < 4.78 is 41.3. The highest BCUT2D eigenvalue weighted by atomic mass is 19.4. The molecule has 0 aliphatic carbocycles. The van der Waals surface area contributed by atoms with Crippen molar-refractivity contribution in [3.05, 3.63) is 59.7 Å². The molecule has 0 spiro atoms. The van der Waals surface area contributed by atoms with E-state index in [0.717, 1.165) is 5.56 Å². The molecule has 0 fully saturated rings. The van der Waals surface area contributed by atoms with Crippen molar-refractivity contribution >= 4 is 12.0 Å². The van der Waals surface area contributed by atoms with Crippen molar-refractivity contribution in [2.45, 2.75) is 19.0 Å². The second-order valence-electron chi connectivity index (χ2n) is 5.98. The molecule has 0 saturated carbocycles. The smallest absolute Gasteiger partial charge is 0.392 e. The van der Waals surface area contributed by atoms with Gasteiger partial charge in [0.05, 0.1) is 13.0 Å². The number of ether oxygens (including phenoxy) is 1. The van der Waals surface area contributed by atoms with Crippen molar-refractivity contribution in [1.29, 1.82) is 0 Å². The summed E-state index contributed by atoms with van der Waals surface area (Å²) in [5.74, 6) is -0.469. The number of phenols is 2. The van der Waals surface area contributed by atoms with Crippen molar-refractivity contribution in [2.75, 3.05) is 13.2 Å². The zero-order valence-electron chi connectivity index (χ0n) is 14.9. The number of carbonyl (C=O) groups excluding carboxylic acids is 1. The first-order valence-electron chi connectivity index (χ1n) is 8.49. The summed E-state index contributed by atoms with van der Waals surface area (Å²) in [6, 6.07) is 10.8. The highest BCUT2D eigenvalue weighted by Crippen LogP contribution is 2.25. The van der Waals surface area contributed by atoms with Gasteiger partial charge in [-0.05, 0) is 47.9 Å². The lowest BCUT2D eigenvalue weighted by Crippen LogP contribution is -2.23. The molecule has 5 nitrogen and oxygen atoms in total. The second-order valence-corrected chi connectivity index (χ2v) is 5.98. The summed E-state index contributed by atoms with van der Waals surface area (Å²) in [5.41, 5.74) is 1.46. The van der Waals surface area contributed by atoms with E-state index in [-0.39, 0.29) is 17.4 Å². The van der Waals surface area contributed by atoms with Gasteiger partial charge in [0, 0.05) is 12.6 Å². The van der Waals surface area contributed by atoms with Crippen LogP contribution in [0.2, 0.25) is 0 Å². The number of rotatable bonds is 8. The van der Waals surface area contributed by atoms with Gasteiger partial charge in [-0.15, -0.1) is 0 Å². The number of hydrogen-bond acceptors (Lipinski definition) is 4. The summed E-state index contributed by atoms with van der Waals surface area (Å²) in [4.78, 5) is 11.8. The average Bonchev–Trinajstić information content (AvgIpc) is 2.63. The number of halogens is 3. The number of benzene rings is 2. The monoisotopic (exact) mass is 395 g/mol. The summed E-state index contributed by atoms with van der Waals surface area (Å²) in [5, 5.41) is 21.3. The van der Waals surface area contributed by atoms with Crippen LogP contribution < -0.4 is 10.1 Å². The SMILES string of the molecule is O=C(/C=C/c1ccc(O)c(O)c1)NCCc1ccc(OCCC(F)(F)F)cc1. The van der Waals surface area contributed by atoms with E-state index in [1.54, 1.807) is 30.3 Å². The number of hydrogen-bond donors (Lipinski definition) is 3. The highest BCUT2D eigenvalue weighted by molar-refractivity contribution is 5.91. The van der Waals surface area contributed by atoms with Crippen LogP contribution in [0.1, 0.15) is 17.5 Å². The van der Waals surface area contributed by atoms with Crippen LogP contribution in [0.4, 0.5) is 13.2 Å². The first-order chi connectivity index (χ1) is 13.2. The predicted octanol–water partition coefficient (Wildman–Crippen LogP) is 3.80. The van der Waals surface area contributed by atoms with Crippen molar-refractivity contribution in [3.8, 4) is 17.2 Å². The lowest BCUT2D eigenvalue weighted by Gasteiger charge is -2.09. The molecule has 1 amide bonds. The van der Waals surface area contributed by atoms with E-state index in [1.807, 2.05) is 0 Å². The third-order valence-electron chi connectivity index (χ3n) is 3.72. The molecule has 8 heteroatoms. The number of carbonyl (C=O) groups is 1. The Hall–Kier alpha value is -3.16. The molecule has 150 valence electrons. The molecule has 0 radical (unpaired) electrons. The van der Waals surface area contributed by atoms with E-state index in [0.29, 0.717) is 24.3 Å². The van der Waals surface area contributed by atoms with E-state index >= 15 is 0 Å². The maximum atomic E-state index is 12.1. The molecule has 2 aromatic rings. The summed E-state index contributed by atoms with van der Waals surface area (Å²) in [6.45, 7) is -0.0533. The lowest BCUT2D eigenvalue weighted by atomic mass is 10.1. The van der Waals surface area contributed by atoms with Gasteiger partial charge in [-0.2, -0.15) is 13.2 Å². The van der Waals surface area contributed by atoms with Gasteiger partial charge in [0.2, 0.25) is 5.91 Å². The zero-order valence-corrected chi connectivity index (χ0v) is 14.9. The minimum atomic E-state index is -4.24. The molecule has 0 saturated heterocycles. The van der Waals surface area contributed by atoms with Crippen LogP contribution in [0, 0.1) is 0 Å². The van der Waals surface area contributed by atoms with Crippen LogP contribution in [-0.2, 0) is 11.2 Å². The lowest BCUT2D eigenvalue weighted by molar-refractivity contribution is -0.139. The van der Waals surface area contributed by atoms with Gasteiger partial charge in [-0.3, -0.25) is 4.79 Å². The molecule has 28 heavy (non-hydrogen) atoms. The molecular formula is C20H20F3NO4. The van der Waals surface area contributed by atoms with Crippen LogP contribution in [0.5, 0.6) is 17.2 Å². The normalized spacial score (nSPS) is 11.5. The third kappa shape index (κ3) is 7.61. The summed E-state index contributed by atoms with van der Waals surface area (Å²) >= 11 is 0. The number of amides is 1. The number of nitrogens with one attached hydrogen (secondary N) is 1.